The molecule has 0 N–H and O–H groups in total. The Hall–Kier alpha value is -1.50. The summed E-state index contributed by atoms with van der Waals surface area (Å²) in [5, 5.41) is 0. The van der Waals surface area contributed by atoms with E-state index in [1.165, 1.54) is 16.7 Å². The lowest BCUT2D eigenvalue weighted by Crippen LogP contribution is -1.94. The third-order valence-corrected chi connectivity index (χ3v) is 3.01. The third kappa shape index (κ3) is 2.04. The smallest absolute Gasteiger partial charge is 0.126 e. The Labute approximate surface area is 97.4 Å². The van der Waals surface area contributed by atoms with Crippen LogP contribution in [0.15, 0.2) is 36.4 Å². The molecule has 2 rings (SSSR count). The van der Waals surface area contributed by atoms with Crippen molar-refractivity contribution in [2.75, 3.05) is 7.11 Å². The second-order valence-electron chi connectivity index (χ2n) is 4.44. The summed E-state index contributed by atoms with van der Waals surface area (Å²) in [6.07, 6.45) is 7.47. The molecule has 0 radical (unpaired) electrons. The van der Waals surface area contributed by atoms with Crippen molar-refractivity contribution < 1.29 is 4.74 Å². The average molecular weight is 214 g/mol. The average Bonchev–Trinajstić information content (AvgIpc) is 2.81. The highest BCUT2D eigenvalue weighted by atomic mass is 16.5. The highest BCUT2D eigenvalue weighted by molar-refractivity contribution is 5.75. The van der Waals surface area contributed by atoms with Gasteiger partial charge in [0.25, 0.3) is 0 Å². The van der Waals surface area contributed by atoms with Crippen molar-refractivity contribution in [2.24, 2.45) is 0 Å². The van der Waals surface area contributed by atoms with E-state index in [0.717, 1.165) is 12.2 Å². The van der Waals surface area contributed by atoms with Gasteiger partial charge in [0.1, 0.15) is 5.75 Å². The van der Waals surface area contributed by atoms with Crippen LogP contribution in [-0.2, 0) is 0 Å². The lowest BCUT2D eigenvalue weighted by atomic mass is 9.96. The summed E-state index contributed by atoms with van der Waals surface area (Å²) in [7, 11) is 1.73. The van der Waals surface area contributed by atoms with Gasteiger partial charge in [-0.1, -0.05) is 38.1 Å². The van der Waals surface area contributed by atoms with Crippen molar-refractivity contribution in [3.05, 3.63) is 47.6 Å². The molecule has 0 aliphatic heterocycles. The Morgan fingerprint density at radius 1 is 1.25 bits per heavy atom. The molecule has 0 bridgehead atoms. The standard InChI is InChI=1S/C15H18O/c1-11(2)13-8-9-15(16-3)14(10-13)12-6-4-5-7-12/h4-6,8-11H,7H2,1-3H3. The van der Waals surface area contributed by atoms with Crippen LogP contribution in [0.2, 0.25) is 0 Å². The van der Waals surface area contributed by atoms with Gasteiger partial charge < -0.3 is 4.74 Å². The lowest BCUT2D eigenvalue weighted by Gasteiger charge is -2.13. The van der Waals surface area contributed by atoms with Crippen molar-refractivity contribution in [1.29, 1.82) is 0 Å². The Balaban J connectivity index is 2.43. The molecule has 1 aromatic rings. The van der Waals surface area contributed by atoms with Crippen molar-refractivity contribution in [3.63, 3.8) is 0 Å². The van der Waals surface area contributed by atoms with Crippen LogP contribution in [-0.4, -0.2) is 7.11 Å². The van der Waals surface area contributed by atoms with Crippen LogP contribution in [0.3, 0.4) is 0 Å². The maximum absolute atomic E-state index is 5.42. The fourth-order valence-electron chi connectivity index (χ4n) is 1.98. The number of hydrogen-bond donors (Lipinski definition) is 0. The van der Waals surface area contributed by atoms with Gasteiger partial charge in [0.05, 0.1) is 7.11 Å². The molecular weight excluding hydrogens is 196 g/mol. The van der Waals surface area contributed by atoms with Crippen molar-refractivity contribution >= 4 is 5.57 Å². The highest BCUT2D eigenvalue weighted by Gasteiger charge is 2.11. The number of methoxy groups -OCH3 is 1. The van der Waals surface area contributed by atoms with Crippen LogP contribution in [0.5, 0.6) is 5.75 Å². The summed E-state index contributed by atoms with van der Waals surface area (Å²) >= 11 is 0. The molecule has 1 aliphatic rings. The fraction of sp³-hybridized carbons (Fsp3) is 0.333. The molecule has 1 heteroatoms. The molecule has 0 spiro atoms. The highest BCUT2D eigenvalue weighted by Crippen LogP contribution is 2.33. The molecule has 0 saturated heterocycles. The zero-order valence-electron chi connectivity index (χ0n) is 10.2. The van der Waals surface area contributed by atoms with Gasteiger partial charge in [0.15, 0.2) is 0 Å². The van der Waals surface area contributed by atoms with E-state index in [1.807, 2.05) is 0 Å². The van der Waals surface area contributed by atoms with Crippen LogP contribution in [0, 0.1) is 0 Å². The topological polar surface area (TPSA) is 9.23 Å². The minimum absolute atomic E-state index is 0.555. The Bertz CT molecular complexity index is 439. The Kier molecular flexibility index (Phi) is 3.14. The van der Waals surface area contributed by atoms with Crippen LogP contribution in [0.4, 0.5) is 0 Å². The Morgan fingerprint density at radius 3 is 2.62 bits per heavy atom. The summed E-state index contributed by atoms with van der Waals surface area (Å²) in [5.74, 6) is 1.53. The summed E-state index contributed by atoms with van der Waals surface area (Å²) < 4.78 is 5.42. The summed E-state index contributed by atoms with van der Waals surface area (Å²) in [4.78, 5) is 0. The minimum Gasteiger partial charge on any atom is -0.496 e. The zero-order chi connectivity index (χ0) is 11.5. The molecule has 1 nitrogen and oxygen atoms in total. The summed E-state index contributed by atoms with van der Waals surface area (Å²) in [5.41, 5.74) is 3.95. The molecule has 0 aromatic heterocycles. The predicted octanol–water partition coefficient (Wildman–Crippen LogP) is 4.16. The first-order valence-electron chi connectivity index (χ1n) is 5.76. The number of ether oxygens (including phenoxy) is 1. The predicted molar refractivity (Wildman–Crippen MR) is 68.8 cm³/mol. The van der Waals surface area contributed by atoms with Gasteiger partial charge in [-0.15, -0.1) is 0 Å². The van der Waals surface area contributed by atoms with Gasteiger partial charge in [0, 0.05) is 5.56 Å². The Morgan fingerprint density at radius 2 is 2.06 bits per heavy atom. The molecule has 0 amide bonds. The van der Waals surface area contributed by atoms with E-state index < -0.39 is 0 Å². The van der Waals surface area contributed by atoms with Crippen molar-refractivity contribution in [3.8, 4) is 5.75 Å². The molecule has 0 unspecified atom stereocenters. The zero-order valence-corrected chi connectivity index (χ0v) is 10.2. The third-order valence-electron chi connectivity index (χ3n) is 3.01. The van der Waals surface area contributed by atoms with E-state index in [4.69, 9.17) is 4.74 Å². The second kappa shape index (κ2) is 4.56. The van der Waals surface area contributed by atoms with Crippen LogP contribution >= 0.6 is 0 Å². The van der Waals surface area contributed by atoms with Crippen molar-refractivity contribution in [1.82, 2.24) is 0 Å². The van der Waals surface area contributed by atoms with Crippen LogP contribution in [0.25, 0.3) is 5.57 Å². The maximum atomic E-state index is 5.42. The number of rotatable bonds is 3. The first-order valence-corrected chi connectivity index (χ1v) is 5.76. The second-order valence-corrected chi connectivity index (χ2v) is 4.44. The maximum Gasteiger partial charge on any atom is 0.126 e. The minimum atomic E-state index is 0.555. The molecule has 1 aliphatic carbocycles. The van der Waals surface area contributed by atoms with E-state index in [2.05, 4.69) is 50.3 Å². The summed E-state index contributed by atoms with van der Waals surface area (Å²) in [6.45, 7) is 4.43. The monoisotopic (exact) mass is 214 g/mol. The van der Waals surface area contributed by atoms with E-state index in [1.54, 1.807) is 7.11 Å². The number of benzene rings is 1. The number of allylic oxidation sites excluding steroid dienone is 4. The van der Waals surface area contributed by atoms with E-state index in [0.29, 0.717) is 5.92 Å². The first kappa shape index (κ1) is 11.0. The largest absolute Gasteiger partial charge is 0.496 e. The quantitative estimate of drug-likeness (QED) is 0.734. The molecule has 0 fully saturated rings. The SMILES string of the molecule is COc1ccc(C(C)C)cc1C1=CC=CC1. The molecule has 0 atom stereocenters. The van der Waals surface area contributed by atoms with Crippen LogP contribution in [0.1, 0.15) is 37.3 Å². The van der Waals surface area contributed by atoms with Gasteiger partial charge in [-0.3, -0.25) is 0 Å². The van der Waals surface area contributed by atoms with Crippen molar-refractivity contribution in [2.45, 2.75) is 26.2 Å². The molecular formula is C15H18O. The lowest BCUT2D eigenvalue weighted by molar-refractivity contribution is 0.413. The van der Waals surface area contributed by atoms with Crippen LogP contribution < -0.4 is 4.74 Å². The molecule has 84 valence electrons. The van der Waals surface area contributed by atoms with Gasteiger partial charge >= 0.3 is 0 Å². The van der Waals surface area contributed by atoms with Gasteiger partial charge in [-0.25, -0.2) is 0 Å². The van der Waals surface area contributed by atoms with Gasteiger partial charge in [-0.05, 0) is 35.6 Å². The fourth-order valence-corrected chi connectivity index (χ4v) is 1.98. The van der Waals surface area contributed by atoms with E-state index in [9.17, 15) is 0 Å². The molecule has 1 aromatic carbocycles. The van der Waals surface area contributed by atoms with Gasteiger partial charge in [-0.2, -0.15) is 0 Å². The number of hydrogen-bond acceptors (Lipinski definition) is 1. The molecule has 0 heterocycles. The molecule has 16 heavy (non-hydrogen) atoms. The summed E-state index contributed by atoms with van der Waals surface area (Å²) in [6, 6.07) is 6.47. The van der Waals surface area contributed by atoms with E-state index >= 15 is 0 Å². The normalized spacial score (nSPS) is 14.4. The van der Waals surface area contributed by atoms with Gasteiger partial charge in [0.2, 0.25) is 0 Å². The van der Waals surface area contributed by atoms with E-state index in [-0.39, 0.29) is 0 Å². The first-order chi connectivity index (χ1) is 7.72. The molecule has 0 saturated carbocycles.